The Kier molecular flexibility index (Phi) is 4.08. The highest BCUT2D eigenvalue weighted by atomic mass is 32.2. The van der Waals surface area contributed by atoms with E-state index in [1.165, 1.54) is 26.8 Å². The van der Waals surface area contributed by atoms with E-state index in [9.17, 15) is 0 Å². The van der Waals surface area contributed by atoms with Gasteiger partial charge >= 0.3 is 0 Å². The van der Waals surface area contributed by atoms with Gasteiger partial charge in [-0.3, -0.25) is 0 Å². The molecule has 4 rings (SSSR count). The normalized spacial score (nSPS) is 15.9. The van der Waals surface area contributed by atoms with Crippen LogP contribution in [0.4, 0.5) is 0 Å². The van der Waals surface area contributed by atoms with Gasteiger partial charge in [0.2, 0.25) is 0 Å². The Balaban J connectivity index is 1.57. The van der Waals surface area contributed by atoms with Crippen molar-refractivity contribution >= 4 is 22.5 Å². The third kappa shape index (κ3) is 3.13. The minimum atomic E-state index is 0.686. The Morgan fingerprint density at radius 1 is 0.826 bits per heavy atom. The molecule has 3 aromatic carbocycles. The SMILES string of the molecule is C(/Sc1ccccc1)=C1/CCc2c(ccc3ccccc23)OC1. The standard InChI is InChI=1S/C21H18OS/c1-2-7-18(8-3-1)23-15-16-10-12-20-19-9-5-4-6-17(19)11-13-21(20)22-14-16/h1-9,11,13,15H,10,12,14H2/b16-15+. The van der Waals surface area contributed by atoms with Gasteiger partial charge in [-0.25, -0.2) is 0 Å². The highest BCUT2D eigenvalue weighted by Gasteiger charge is 2.14. The molecule has 0 radical (unpaired) electrons. The number of hydrogen-bond donors (Lipinski definition) is 0. The van der Waals surface area contributed by atoms with E-state index in [-0.39, 0.29) is 0 Å². The average molecular weight is 318 g/mol. The number of benzene rings is 3. The third-order valence-electron chi connectivity index (χ3n) is 4.21. The first kappa shape index (κ1) is 14.4. The van der Waals surface area contributed by atoms with E-state index < -0.39 is 0 Å². The monoisotopic (exact) mass is 318 g/mol. The molecule has 0 N–H and O–H groups in total. The number of aryl methyl sites for hydroxylation is 1. The van der Waals surface area contributed by atoms with Crippen LogP contribution in [0, 0.1) is 0 Å². The minimum Gasteiger partial charge on any atom is -0.489 e. The van der Waals surface area contributed by atoms with Crippen LogP contribution in [0.25, 0.3) is 10.8 Å². The summed E-state index contributed by atoms with van der Waals surface area (Å²) in [5.74, 6) is 1.04. The molecule has 0 fully saturated rings. The molecule has 0 saturated carbocycles. The van der Waals surface area contributed by atoms with Crippen molar-refractivity contribution in [3.8, 4) is 5.75 Å². The van der Waals surface area contributed by atoms with Gasteiger partial charge in [-0.2, -0.15) is 0 Å². The smallest absolute Gasteiger partial charge is 0.123 e. The summed E-state index contributed by atoms with van der Waals surface area (Å²) in [6.07, 6.45) is 2.10. The molecule has 0 amide bonds. The van der Waals surface area contributed by atoms with Gasteiger partial charge in [0, 0.05) is 10.5 Å². The van der Waals surface area contributed by atoms with Crippen LogP contribution in [0.3, 0.4) is 0 Å². The Labute approximate surface area is 141 Å². The summed E-state index contributed by atoms with van der Waals surface area (Å²) in [5.41, 5.74) is 2.70. The highest BCUT2D eigenvalue weighted by Crippen LogP contribution is 2.33. The van der Waals surface area contributed by atoms with E-state index >= 15 is 0 Å². The zero-order valence-corrected chi connectivity index (χ0v) is 13.7. The van der Waals surface area contributed by atoms with Crippen LogP contribution in [0.5, 0.6) is 5.75 Å². The van der Waals surface area contributed by atoms with E-state index in [2.05, 4.69) is 66.1 Å². The van der Waals surface area contributed by atoms with Gasteiger partial charge in [-0.15, -0.1) is 0 Å². The summed E-state index contributed by atoms with van der Waals surface area (Å²) >= 11 is 1.78. The lowest BCUT2D eigenvalue weighted by atomic mass is 9.99. The van der Waals surface area contributed by atoms with Crippen LogP contribution in [0.15, 0.2) is 82.6 Å². The second-order valence-electron chi connectivity index (χ2n) is 5.76. The number of ether oxygens (including phenoxy) is 1. The van der Waals surface area contributed by atoms with Crippen molar-refractivity contribution in [2.24, 2.45) is 0 Å². The van der Waals surface area contributed by atoms with Gasteiger partial charge in [0.25, 0.3) is 0 Å². The van der Waals surface area contributed by atoms with Crippen molar-refractivity contribution in [3.05, 3.63) is 83.3 Å². The largest absolute Gasteiger partial charge is 0.489 e. The Morgan fingerprint density at radius 2 is 1.65 bits per heavy atom. The first-order valence-corrected chi connectivity index (χ1v) is 8.81. The number of fused-ring (bicyclic) bond motifs is 3. The quantitative estimate of drug-likeness (QED) is 0.549. The van der Waals surface area contributed by atoms with Gasteiger partial charge in [0.1, 0.15) is 12.4 Å². The van der Waals surface area contributed by atoms with Crippen molar-refractivity contribution in [2.45, 2.75) is 17.7 Å². The molecule has 1 aliphatic heterocycles. The van der Waals surface area contributed by atoms with E-state index in [0.29, 0.717) is 6.61 Å². The Hall–Kier alpha value is -2.19. The summed E-state index contributed by atoms with van der Waals surface area (Å²) < 4.78 is 6.08. The first-order valence-electron chi connectivity index (χ1n) is 7.93. The Bertz CT molecular complexity index is 852. The van der Waals surface area contributed by atoms with Crippen molar-refractivity contribution in [2.75, 3.05) is 6.61 Å². The summed E-state index contributed by atoms with van der Waals surface area (Å²) in [6, 6.07) is 23.3. The second-order valence-corrected chi connectivity index (χ2v) is 6.70. The summed E-state index contributed by atoms with van der Waals surface area (Å²) in [7, 11) is 0. The summed E-state index contributed by atoms with van der Waals surface area (Å²) in [6.45, 7) is 0.686. The zero-order chi connectivity index (χ0) is 15.5. The molecule has 3 aromatic rings. The van der Waals surface area contributed by atoms with Gasteiger partial charge in [0.05, 0.1) is 0 Å². The Morgan fingerprint density at radius 3 is 2.57 bits per heavy atom. The molecule has 0 atom stereocenters. The van der Waals surface area contributed by atoms with E-state index in [4.69, 9.17) is 4.74 Å². The van der Waals surface area contributed by atoms with E-state index in [1.54, 1.807) is 11.8 Å². The molecule has 0 unspecified atom stereocenters. The lowest BCUT2D eigenvalue weighted by Gasteiger charge is -2.09. The summed E-state index contributed by atoms with van der Waals surface area (Å²) in [5, 5.41) is 4.87. The molecule has 2 heteroatoms. The maximum absolute atomic E-state index is 6.08. The van der Waals surface area contributed by atoms with E-state index in [1.807, 2.05) is 6.07 Å². The molecule has 0 aliphatic carbocycles. The molecule has 0 spiro atoms. The minimum absolute atomic E-state index is 0.686. The number of hydrogen-bond acceptors (Lipinski definition) is 2. The predicted octanol–water partition coefficient (Wildman–Crippen LogP) is 5.84. The van der Waals surface area contributed by atoms with Crippen molar-refractivity contribution < 1.29 is 4.74 Å². The molecule has 1 aliphatic rings. The van der Waals surface area contributed by atoms with Crippen LogP contribution < -0.4 is 4.74 Å². The van der Waals surface area contributed by atoms with Crippen LogP contribution in [-0.2, 0) is 6.42 Å². The molecule has 0 aromatic heterocycles. The molecule has 1 nitrogen and oxygen atoms in total. The maximum Gasteiger partial charge on any atom is 0.123 e. The maximum atomic E-state index is 6.08. The lowest BCUT2D eigenvalue weighted by Crippen LogP contribution is -1.98. The molecule has 23 heavy (non-hydrogen) atoms. The van der Waals surface area contributed by atoms with Crippen molar-refractivity contribution in [3.63, 3.8) is 0 Å². The van der Waals surface area contributed by atoms with Crippen LogP contribution in [0.1, 0.15) is 12.0 Å². The lowest BCUT2D eigenvalue weighted by molar-refractivity contribution is 0.354. The third-order valence-corrected chi connectivity index (χ3v) is 5.21. The fraction of sp³-hybridized carbons (Fsp3) is 0.143. The van der Waals surface area contributed by atoms with Crippen LogP contribution in [0.2, 0.25) is 0 Å². The highest BCUT2D eigenvalue weighted by molar-refractivity contribution is 8.02. The molecular formula is C21H18OS. The van der Waals surface area contributed by atoms with Gasteiger partial charge in [-0.1, -0.05) is 60.3 Å². The van der Waals surface area contributed by atoms with Crippen molar-refractivity contribution in [1.29, 1.82) is 0 Å². The molecule has 114 valence electrons. The van der Waals surface area contributed by atoms with Crippen LogP contribution in [-0.4, -0.2) is 6.61 Å². The number of rotatable bonds is 2. The topological polar surface area (TPSA) is 9.23 Å². The molecule has 0 bridgehead atoms. The van der Waals surface area contributed by atoms with Gasteiger partial charge in [-0.05, 0) is 52.8 Å². The van der Waals surface area contributed by atoms with Crippen molar-refractivity contribution in [1.82, 2.24) is 0 Å². The fourth-order valence-corrected chi connectivity index (χ4v) is 3.78. The van der Waals surface area contributed by atoms with E-state index in [0.717, 1.165) is 18.6 Å². The molecule has 1 heterocycles. The second kappa shape index (κ2) is 6.51. The predicted molar refractivity (Wildman–Crippen MR) is 98.1 cm³/mol. The van der Waals surface area contributed by atoms with Gasteiger partial charge < -0.3 is 4.74 Å². The molecule has 0 saturated heterocycles. The number of thioether (sulfide) groups is 1. The fourth-order valence-electron chi connectivity index (χ4n) is 2.98. The van der Waals surface area contributed by atoms with Crippen LogP contribution >= 0.6 is 11.8 Å². The summed E-state index contributed by atoms with van der Waals surface area (Å²) in [4.78, 5) is 1.27. The molecular weight excluding hydrogens is 300 g/mol. The zero-order valence-electron chi connectivity index (χ0n) is 12.9. The first-order chi connectivity index (χ1) is 11.4. The van der Waals surface area contributed by atoms with Gasteiger partial charge in [0.15, 0.2) is 0 Å². The average Bonchev–Trinajstić information content (AvgIpc) is 2.83.